The number of rotatable bonds is 8. The van der Waals surface area contributed by atoms with Crippen molar-refractivity contribution in [1.29, 1.82) is 0 Å². The van der Waals surface area contributed by atoms with E-state index < -0.39 is 98.0 Å². The molecular weight excluding hydrogens is 695 g/mol. The molecular formula is C36H21F13O. The Bertz CT molecular complexity index is 2030. The summed E-state index contributed by atoms with van der Waals surface area (Å²) in [5.41, 5.74) is -7.41. The molecule has 0 atom stereocenters. The molecule has 0 amide bonds. The van der Waals surface area contributed by atoms with Crippen molar-refractivity contribution >= 4 is 0 Å². The van der Waals surface area contributed by atoms with Gasteiger partial charge in [0.2, 0.25) is 0 Å². The second-order valence-corrected chi connectivity index (χ2v) is 11.6. The van der Waals surface area contributed by atoms with E-state index in [2.05, 4.69) is 4.74 Å². The molecule has 0 heterocycles. The second kappa shape index (κ2) is 13.4. The van der Waals surface area contributed by atoms with E-state index in [9.17, 15) is 30.7 Å². The van der Waals surface area contributed by atoms with E-state index in [1.807, 2.05) is 13.8 Å². The quantitative estimate of drug-likeness (QED) is 0.145. The highest BCUT2D eigenvalue weighted by molar-refractivity contribution is 5.73. The molecule has 14 heteroatoms. The highest BCUT2D eigenvalue weighted by Crippen LogP contribution is 2.41. The van der Waals surface area contributed by atoms with Crippen molar-refractivity contribution < 1.29 is 61.8 Å². The Labute approximate surface area is 275 Å². The summed E-state index contributed by atoms with van der Waals surface area (Å²) < 4.78 is 191. The fraction of sp³-hybridized carbons (Fsp3) is 0.167. The van der Waals surface area contributed by atoms with Crippen LogP contribution in [0.1, 0.15) is 30.5 Å². The van der Waals surface area contributed by atoms with Crippen molar-refractivity contribution in [2.75, 3.05) is 0 Å². The third-order valence-electron chi connectivity index (χ3n) is 7.48. The minimum absolute atomic E-state index is 0.161. The van der Waals surface area contributed by atoms with Gasteiger partial charge in [-0.1, -0.05) is 26.0 Å². The first-order valence-corrected chi connectivity index (χ1v) is 14.5. The zero-order valence-electron chi connectivity index (χ0n) is 25.5. The molecule has 0 aromatic heterocycles. The van der Waals surface area contributed by atoms with E-state index in [1.54, 1.807) is 6.07 Å². The SMILES string of the molecule is CC(C)Cc1ccc(-c2cc(F)c(-c3cc(F)c(C(F)(F)Oc4ccc(-c5cc(F)c(C(F)(F)F)c(F)c5)c(F)c4)c(F)c3)c(F)c2)c(F)c1. The van der Waals surface area contributed by atoms with Gasteiger partial charge in [-0.05, 0) is 89.2 Å². The summed E-state index contributed by atoms with van der Waals surface area (Å²) in [5.74, 6) is -14.2. The van der Waals surface area contributed by atoms with Gasteiger partial charge in [0.1, 0.15) is 63.4 Å². The van der Waals surface area contributed by atoms with Gasteiger partial charge in [0, 0.05) is 17.2 Å². The van der Waals surface area contributed by atoms with E-state index in [4.69, 9.17) is 0 Å². The van der Waals surface area contributed by atoms with Gasteiger partial charge in [-0.25, -0.2) is 35.1 Å². The molecule has 0 bridgehead atoms. The van der Waals surface area contributed by atoms with Crippen LogP contribution in [0.15, 0.2) is 72.8 Å². The van der Waals surface area contributed by atoms with Crippen molar-refractivity contribution in [2.45, 2.75) is 32.6 Å². The average molecular weight is 717 g/mol. The van der Waals surface area contributed by atoms with Crippen LogP contribution in [0.4, 0.5) is 57.1 Å². The Hall–Kier alpha value is -5.01. The lowest BCUT2D eigenvalue weighted by molar-refractivity contribution is -0.189. The molecule has 0 spiro atoms. The van der Waals surface area contributed by atoms with E-state index in [0.29, 0.717) is 36.2 Å². The highest BCUT2D eigenvalue weighted by atomic mass is 19.4. The molecule has 0 aliphatic carbocycles. The minimum Gasteiger partial charge on any atom is -0.429 e. The maximum Gasteiger partial charge on any atom is 0.432 e. The van der Waals surface area contributed by atoms with Crippen molar-refractivity contribution in [3.63, 3.8) is 0 Å². The van der Waals surface area contributed by atoms with Gasteiger partial charge in [-0.15, -0.1) is 0 Å². The van der Waals surface area contributed by atoms with Crippen LogP contribution >= 0.6 is 0 Å². The summed E-state index contributed by atoms with van der Waals surface area (Å²) >= 11 is 0. The predicted octanol–water partition coefficient (Wildman–Crippen LogP) is 12.1. The Morgan fingerprint density at radius 2 is 0.940 bits per heavy atom. The predicted molar refractivity (Wildman–Crippen MR) is 157 cm³/mol. The van der Waals surface area contributed by atoms with Crippen molar-refractivity contribution in [2.24, 2.45) is 5.92 Å². The number of alkyl halides is 5. The van der Waals surface area contributed by atoms with Gasteiger partial charge < -0.3 is 4.74 Å². The minimum atomic E-state index is -5.41. The third kappa shape index (κ3) is 7.29. The van der Waals surface area contributed by atoms with Crippen LogP contribution in [-0.4, -0.2) is 0 Å². The van der Waals surface area contributed by atoms with E-state index in [0.717, 1.165) is 0 Å². The molecule has 5 aromatic carbocycles. The number of ether oxygens (including phenoxy) is 1. The maximum absolute atomic E-state index is 15.2. The molecule has 0 N–H and O–H groups in total. The fourth-order valence-corrected chi connectivity index (χ4v) is 5.38. The summed E-state index contributed by atoms with van der Waals surface area (Å²) in [6.45, 7) is 3.82. The lowest BCUT2D eigenvalue weighted by atomic mass is 9.95. The highest BCUT2D eigenvalue weighted by Gasteiger charge is 2.42. The zero-order valence-corrected chi connectivity index (χ0v) is 25.5. The topological polar surface area (TPSA) is 9.23 Å². The van der Waals surface area contributed by atoms with Gasteiger partial charge in [-0.3, -0.25) is 0 Å². The summed E-state index contributed by atoms with van der Waals surface area (Å²) in [7, 11) is 0. The largest absolute Gasteiger partial charge is 0.432 e. The first kappa shape index (κ1) is 36.3. The fourth-order valence-electron chi connectivity index (χ4n) is 5.38. The molecule has 0 aliphatic heterocycles. The lowest BCUT2D eigenvalue weighted by Crippen LogP contribution is -2.25. The number of halogens is 13. The lowest BCUT2D eigenvalue weighted by Gasteiger charge is -2.20. The average Bonchev–Trinajstić information content (AvgIpc) is 2.94. The van der Waals surface area contributed by atoms with E-state index in [1.165, 1.54) is 12.1 Å². The number of benzene rings is 5. The van der Waals surface area contributed by atoms with E-state index in [-0.39, 0.29) is 47.4 Å². The molecule has 262 valence electrons. The van der Waals surface area contributed by atoms with Gasteiger partial charge in [0.05, 0.1) is 5.56 Å². The Morgan fingerprint density at radius 3 is 1.40 bits per heavy atom. The molecule has 1 nitrogen and oxygen atoms in total. The molecule has 0 saturated carbocycles. The molecule has 0 saturated heterocycles. The normalized spacial score (nSPS) is 12.2. The molecule has 5 aromatic rings. The third-order valence-corrected chi connectivity index (χ3v) is 7.48. The van der Waals surface area contributed by atoms with Gasteiger partial charge in [0.25, 0.3) is 0 Å². The summed E-state index contributed by atoms with van der Waals surface area (Å²) in [4.78, 5) is 0. The summed E-state index contributed by atoms with van der Waals surface area (Å²) in [6, 6.07) is 7.59. The zero-order chi connectivity index (χ0) is 36.9. The second-order valence-electron chi connectivity index (χ2n) is 11.6. The summed E-state index contributed by atoms with van der Waals surface area (Å²) in [5, 5.41) is 0. The molecule has 50 heavy (non-hydrogen) atoms. The Morgan fingerprint density at radius 1 is 0.500 bits per heavy atom. The molecule has 0 unspecified atom stereocenters. The van der Waals surface area contributed by atoms with Crippen molar-refractivity contribution in [1.82, 2.24) is 0 Å². The van der Waals surface area contributed by atoms with Gasteiger partial charge in [0.15, 0.2) is 0 Å². The first-order valence-electron chi connectivity index (χ1n) is 14.5. The first-order chi connectivity index (χ1) is 23.3. The molecule has 0 radical (unpaired) electrons. The Kier molecular flexibility index (Phi) is 9.70. The van der Waals surface area contributed by atoms with Crippen LogP contribution in [0.5, 0.6) is 5.75 Å². The smallest absolute Gasteiger partial charge is 0.429 e. The van der Waals surface area contributed by atoms with Gasteiger partial charge >= 0.3 is 12.3 Å². The Balaban J connectivity index is 1.42. The monoisotopic (exact) mass is 716 g/mol. The van der Waals surface area contributed by atoms with E-state index >= 15 is 26.3 Å². The molecule has 0 fully saturated rings. The van der Waals surface area contributed by atoms with Crippen LogP contribution in [-0.2, 0) is 18.7 Å². The van der Waals surface area contributed by atoms with Crippen molar-refractivity contribution in [3.05, 3.63) is 136 Å². The number of hydrogen-bond donors (Lipinski definition) is 0. The van der Waals surface area contributed by atoms with Crippen molar-refractivity contribution in [3.8, 4) is 39.1 Å². The van der Waals surface area contributed by atoms with Gasteiger partial charge in [-0.2, -0.15) is 22.0 Å². The van der Waals surface area contributed by atoms with Crippen LogP contribution in [0, 0.1) is 52.5 Å². The molecule has 0 aliphatic rings. The van der Waals surface area contributed by atoms with Crippen LogP contribution < -0.4 is 4.74 Å². The van der Waals surface area contributed by atoms with Crippen LogP contribution in [0.25, 0.3) is 33.4 Å². The van der Waals surface area contributed by atoms with Crippen LogP contribution in [0.2, 0.25) is 0 Å². The standard InChI is InChI=1S/C36H21F13O/c1-16(2)7-17-3-5-22(24(37)8-17)18-9-26(39)32(27(40)10-18)20-13-30(43)34(31(44)14-20)36(48,49)50-21-4-6-23(25(38)15-21)19-11-28(41)33(29(42)12-19)35(45,46)47/h3-6,8-16H,7H2,1-2H3. The summed E-state index contributed by atoms with van der Waals surface area (Å²) in [6.07, 6.45) is -9.77. The van der Waals surface area contributed by atoms with Crippen LogP contribution in [0.3, 0.4) is 0 Å². The molecule has 5 rings (SSSR count). The number of hydrogen-bond acceptors (Lipinski definition) is 1. The maximum atomic E-state index is 15.2.